The standard InChI is InChI=1S/C18H19N5O/c1-12-5-6-17(24)23(21-12)11-13-9-22(10-13)18-15(8-19)7-14-3-2-4-16(14)20-18/h5-7,13H,2-4,9-11H2,1H3. The fourth-order valence-electron chi connectivity index (χ4n) is 3.57. The molecular weight excluding hydrogens is 302 g/mol. The Balaban J connectivity index is 1.49. The molecule has 122 valence electrons. The van der Waals surface area contributed by atoms with Gasteiger partial charge in [0.1, 0.15) is 11.9 Å². The molecule has 24 heavy (non-hydrogen) atoms. The third kappa shape index (κ3) is 2.56. The summed E-state index contributed by atoms with van der Waals surface area (Å²) in [4.78, 5) is 18.7. The quantitative estimate of drug-likeness (QED) is 0.855. The van der Waals surface area contributed by atoms with Crippen molar-refractivity contribution < 1.29 is 0 Å². The molecule has 0 N–H and O–H groups in total. The van der Waals surface area contributed by atoms with E-state index < -0.39 is 0 Å². The van der Waals surface area contributed by atoms with E-state index in [1.807, 2.05) is 13.0 Å². The first kappa shape index (κ1) is 14.9. The molecule has 1 aliphatic carbocycles. The van der Waals surface area contributed by atoms with Gasteiger partial charge in [-0.2, -0.15) is 10.4 Å². The van der Waals surface area contributed by atoms with E-state index in [0.717, 1.165) is 49.6 Å². The lowest BCUT2D eigenvalue weighted by Gasteiger charge is -2.40. The molecule has 2 aliphatic rings. The summed E-state index contributed by atoms with van der Waals surface area (Å²) in [5, 5.41) is 13.7. The molecule has 2 aromatic heterocycles. The zero-order valence-corrected chi connectivity index (χ0v) is 13.7. The van der Waals surface area contributed by atoms with E-state index in [1.54, 1.807) is 16.8 Å². The van der Waals surface area contributed by atoms with Crippen molar-refractivity contribution in [3.8, 4) is 6.07 Å². The highest BCUT2D eigenvalue weighted by atomic mass is 16.1. The van der Waals surface area contributed by atoms with Crippen LogP contribution in [0.1, 0.15) is 28.9 Å². The first-order chi connectivity index (χ1) is 11.6. The predicted octanol–water partition coefficient (Wildman–Crippen LogP) is 1.44. The third-order valence-electron chi connectivity index (χ3n) is 4.84. The average Bonchev–Trinajstić information content (AvgIpc) is 2.99. The van der Waals surface area contributed by atoms with E-state index in [0.29, 0.717) is 18.0 Å². The minimum atomic E-state index is -0.0626. The molecule has 3 heterocycles. The van der Waals surface area contributed by atoms with Crippen LogP contribution in [-0.4, -0.2) is 27.9 Å². The summed E-state index contributed by atoms with van der Waals surface area (Å²) in [5.41, 5.74) is 3.82. The van der Waals surface area contributed by atoms with Gasteiger partial charge in [-0.05, 0) is 43.9 Å². The molecule has 1 saturated heterocycles. The van der Waals surface area contributed by atoms with Crippen molar-refractivity contribution in [1.82, 2.24) is 14.8 Å². The normalized spacial score (nSPS) is 16.6. The van der Waals surface area contributed by atoms with Crippen LogP contribution in [0.4, 0.5) is 5.82 Å². The number of nitriles is 1. The Morgan fingerprint density at radius 2 is 2.17 bits per heavy atom. The number of hydrogen-bond donors (Lipinski definition) is 0. The first-order valence-electron chi connectivity index (χ1n) is 8.36. The summed E-state index contributed by atoms with van der Waals surface area (Å²) in [6.07, 6.45) is 3.16. The predicted molar refractivity (Wildman–Crippen MR) is 89.9 cm³/mol. The summed E-state index contributed by atoms with van der Waals surface area (Å²) < 4.78 is 1.54. The molecule has 2 aromatic rings. The Kier molecular flexibility index (Phi) is 3.57. The van der Waals surface area contributed by atoms with Gasteiger partial charge in [0, 0.05) is 30.8 Å². The summed E-state index contributed by atoms with van der Waals surface area (Å²) in [5.74, 6) is 1.16. The molecule has 4 rings (SSSR count). The van der Waals surface area contributed by atoms with Crippen LogP contribution >= 0.6 is 0 Å². The Bertz CT molecular complexity index is 889. The first-order valence-corrected chi connectivity index (χ1v) is 8.36. The molecule has 0 amide bonds. The smallest absolute Gasteiger partial charge is 0.266 e. The van der Waals surface area contributed by atoms with E-state index >= 15 is 0 Å². The van der Waals surface area contributed by atoms with Crippen LogP contribution in [0, 0.1) is 24.2 Å². The second-order valence-electron chi connectivity index (χ2n) is 6.70. The van der Waals surface area contributed by atoms with Crippen LogP contribution in [0.25, 0.3) is 0 Å². The third-order valence-corrected chi connectivity index (χ3v) is 4.84. The van der Waals surface area contributed by atoms with Crippen LogP contribution in [0.2, 0.25) is 0 Å². The van der Waals surface area contributed by atoms with Gasteiger partial charge < -0.3 is 4.90 Å². The van der Waals surface area contributed by atoms with Crippen molar-refractivity contribution in [2.24, 2.45) is 5.92 Å². The fraction of sp³-hybridized carbons (Fsp3) is 0.444. The van der Waals surface area contributed by atoms with Crippen LogP contribution in [0.15, 0.2) is 23.0 Å². The van der Waals surface area contributed by atoms with Gasteiger partial charge in [0.25, 0.3) is 5.56 Å². The molecule has 0 radical (unpaired) electrons. The summed E-state index contributed by atoms with van der Waals surface area (Å²) in [6, 6.07) is 7.59. The van der Waals surface area contributed by atoms with E-state index in [-0.39, 0.29) is 5.56 Å². The van der Waals surface area contributed by atoms with Crippen LogP contribution in [0.5, 0.6) is 0 Å². The number of pyridine rings is 1. The van der Waals surface area contributed by atoms with Crippen molar-refractivity contribution in [2.45, 2.75) is 32.7 Å². The molecule has 0 aromatic carbocycles. The largest absolute Gasteiger partial charge is 0.355 e. The summed E-state index contributed by atoms with van der Waals surface area (Å²) >= 11 is 0. The number of aryl methyl sites for hydroxylation is 3. The average molecular weight is 321 g/mol. The maximum atomic E-state index is 11.9. The van der Waals surface area contributed by atoms with Gasteiger partial charge in [0.2, 0.25) is 0 Å². The molecule has 0 bridgehead atoms. The topological polar surface area (TPSA) is 74.8 Å². The zero-order chi connectivity index (χ0) is 16.7. The second kappa shape index (κ2) is 5.75. The molecular formula is C18H19N5O. The van der Waals surface area contributed by atoms with E-state index in [4.69, 9.17) is 4.98 Å². The Morgan fingerprint density at radius 1 is 1.33 bits per heavy atom. The van der Waals surface area contributed by atoms with Crippen molar-refractivity contribution in [3.05, 3.63) is 51.1 Å². The maximum absolute atomic E-state index is 11.9. The molecule has 6 nitrogen and oxygen atoms in total. The lowest BCUT2D eigenvalue weighted by Crippen LogP contribution is -2.50. The summed E-state index contributed by atoms with van der Waals surface area (Å²) in [7, 11) is 0. The van der Waals surface area contributed by atoms with Crippen LogP contribution in [0.3, 0.4) is 0 Å². The Hall–Kier alpha value is -2.68. The van der Waals surface area contributed by atoms with Gasteiger partial charge in [0.15, 0.2) is 0 Å². The molecule has 0 spiro atoms. The lowest BCUT2D eigenvalue weighted by atomic mass is 9.99. The monoisotopic (exact) mass is 321 g/mol. The molecule has 1 aliphatic heterocycles. The molecule has 0 atom stereocenters. The number of rotatable bonds is 3. The van der Waals surface area contributed by atoms with Gasteiger partial charge in [-0.25, -0.2) is 9.67 Å². The minimum absolute atomic E-state index is 0.0626. The SMILES string of the molecule is Cc1ccc(=O)n(CC2CN(c3nc4c(cc3C#N)CCC4)C2)n1. The number of anilines is 1. The van der Waals surface area contributed by atoms with E-state index in [1.165, 1.54) is 5.56 Å². The van der Waals surface area contributed by atoms with Crippen molar-refractivity contribution >= 4 is 5.82 Å². The fourth-order valence-corrected chi connectivity index (χ4v) is 3.57. The maximum Gasteiger partial charge on any atom is 0.266 e. The van der Waals surface area contributed by atoms with Gasteiger partial charge in [-0.15, -0.1) is 0 Å². The summed E-state index contributed by atoms with van der Waals surface area (Å²) in [6.45, 7) is 4.12. The second-order valence-corrected chi connectivity index (χ2v) is 6.70. The van der Waals surface area contributed by atoms with Gasteiger partial charge in [0.05, 0.1) is 17.8 Å². The van der Waals surface area contributed by atoms with Crippen LogP contribution in [-0.2, 0) is 19.4 Å². The van der Waals surface area contributed by atoms with Crippen molar-refractivity contribution in [1.29, 1.82) is 5.26 Å². The van der Waals surface area contributed by atoms with Gasteiger partial charge in [-0.1, -0.05) is 0 Å². The van der Waals surface area contributed by atoms with Crippen molar-refractivity contribution in [3.63, 3.8) is 0 Å². The van der Waals surface area contributed by atoms with Gasteiger partial charge >= 0.3 is 0 Å². The minimum Gasteiger partial charge on any atom is -0.355 e. The van der Waals surface area contributed by atoms with E-state index in [9.17, 15) is 10.1 Å². The zero-order valence-electron chi connectivity index (χ0n) is 13.7. The highest BCUT2D eigenvalue weighted by Gasteiger charge is 2.31. The Labute approximate surface area is 140 Å². The lowest BCUT2D eigenvalue weighted by molar-refractivity contribution is 0.331. The van der Waals surface area contributed by atoms with Crippen LogP contribution < -0.4 is 10.5 Å². The molecule has 0 unspecified atom stereocenters. The number of fused-ring (bicyclic) bond motifs is 1. The molecule has 0 saturated carbocycles. The van der Waals surface area contributed by atoms with E-state index in [2.05, 4.69) is 16.1 Å². The van der Waals surface area contributed by atoms with Crippen molar-refractivity contribution in [2.75, 3.05) is 18.0 Å². The molecule has 1 fully saturated rings. The number of hydrogen-bond acceptors (Lipinski definition) is 5. The Morgan fingerprint density at radius 3 is 2.96 bits per heavy atom. The highest BCUT2D eigenvalue weighted by molar-refractivity contribution is 5.58. The number of nitrogens with zero attached hydrogens (tertiary/aromatic N) is 5. The number of aromatic nitrogens is 3. The molecule has 6 heteroatoms. The highest BCUT2D eigenvalue weighted by Crippen LogP contribution is 2.31. The van der Waals surface area contributed by atoms with Gasteiger partial charge in [-0.3, -0.25) is 4.79 Å².